The van der Waals surface area contributed by atoms with Gasteiger partial charge in [-0.25, -0.2) is 0 Å². The molecular weight excluding hydrogens is 200 g/mol. The van der Waals surface area contributed by atoms with Crippen LogP contribution in [0.1, 0.15) is 37.7 Å². The van der Waals surface area contributed by atoms with Gasteiger partial charge in [0.25, 0.3) is 0 Å². The zero-order chi connectivity index (χ0) is 11.2. The van der Waals surface area contributed by atoms with Gasteiger partial charge in [0.05, 0.1) is 6.42 Å². The molecule has 2 rings (SSSR count). The molecule has 1 heterocycles. The predicted molar refractivity (Wildman–Crippen MR) is 63.0 cm³/mol. The summed E-state index contributed by atoms with van der Waals surface area (Å²) in [6.07, 6.45) is 10.0. The number of hydrogen-bond acceptors (Lipinski definition) is 2. The molecule has 0 atom stereocenters. The minimum absolute atomic E-state index is 0.137. The average molecular weight is 218 g/mol. The maximum Gasteiger partial charge on any atom is 0.224 e. The molecule has 16 heavy (non-hydrogen) atoms. The Bertz CT molecular complexity index is 331. The molecule has 0 spiro atoms. The summed E-state index contributed by atoms with van der Waals surface area (Å²) >= 11 is 0. The minimum Gasteiger partial charge on any atom is -0.353 e. The Hall–Kier alpha value is -1.38. The van der Waals surface area contributed by atoms with Gasteiger partial charge in [0.15, 0.2) is 0 Å². The fraction of sp³-hybridized carbons (Fsp3) is 0.538. The van der Waals surface area contributed by atoms with Gasteiger partial charge in [-0.1, -0.05) is 19.3 Å². The van der Waals surface area contributed by atoms with Gasteiger partial charge in [-0.2, -0.15) is 0 Å². The standard InChI is InChI=1S/C13H18N2O/c16-13(10-11-6-8-14-9-7-11)15-12-4-2-1-3-5-12/h6-9,12H,1-5,10H2,(H,15,16). The maximum absolute atomic E-state index is 11.7. The third kappa shape index (κ3) is 3.33. The van der Waals surface area contributed by atoms with Crippen molar-refractivity contribution in [3.63, 3.8) is 0 Å². The number of rotatable bonds is 3. The molecule has 1 aliphatic carbocycles. The van der Waals surface area contributed by atoms with E-state index < -0.39 is 0 Å². The van der Waals surface area contributed by atoms with E-state index in [-0.39, 0.29) is 5.91 Å². The molecule has 1 aromatic rings. The molecule has 3 heteroatoms. The highest BCUT2D eigenvalue weighted by molar-refractivity contribution is 5.78. The van der Waals surface area contributed by atoms with Crippen LogP contribution >= 0.6 is 0 Å². The number of nitrogens with zero attached hydrogens (tertiary/aromatic N) is 1. The topological polar surface area (TPSA) is 42.0 Å². The van der Waals surface area contributed by atoms with E-state index in [9.17, 15) is 4.79 Å². The summed E-state index contributed by atoms with van der Waals surface area (Å²) in [6, 6.07) is 4.18. The monoisotopic (exact) mass is 218 g/mol. The van der Waals surface area contributed by atoms with Gasteiger partial charge in [0, 0.05) is 18.4 Å². The molecule has 86 valence electrons. The number of hydrogen-bond donors (Lipinski definition) is 1. The van der Waals surface area contributed by atoms with Crippen LogP contribution in [0, 0.1) is 0 Å². The van der Waals surface area contributed by atoms with Gasteiger partial charge in [-0.15, -0.1) is 0 Å². The lowest BCUT2D eigenvalue weighted by atomic mass is 9.95. The lowest BCUT2D eigenvalue weighted by molar-refractivity contribution is -0.121. The van der Waals surface area contributed by atoms with Crippen molar-refractivity contribution in [2.45, 2.75) is 44.6 Å². The van der Waals surface area contributed by atoms with Gasteiger partial charge in [-0.05, 0) is 30.5 Å². The molecule has 1 fully saturated rings. The van der Waals surface area contributed by atoms with E-state index in [1.165, 1.54) is 19.3 Å². The van der Waals surface area contributed by atoms with Crippen molar-refractivity contribution in [3.05, 3.63) is 30.1 Å². The van der Waals surface area contributed by atoms with Gasteiger partial charge >= 0.3 is 0 Å². The Morgan fingerprint density at radius 1 is 1.25 bits per heavy atom. The molecule has 0 aliphatic heterocycles. The van der Waals surface area contributed by atoms with E-state index in [0.717, 1.165) is 18.4 Å². The van der Waals surface area contributed by atoms with Crippen molar-refractivity contribution in [2.75, 3.05) is 0 Å². The van der Waals surface area contributed by atoms with Gasteiger partial charge in [0.1, 0.15) is 0 Å². The second kappa shape index (κ2) is 5.64. The summed E-state index contributed by atoms with van der Waals surface area (Å²) in [4.78, 5) is 15.7. The first-order chi connectivity index (χ1) is 7.84. The van der Waals surface area contributed by atoms with Gasteiger partial charge in [-0.3, -0.25) is 9.78 Å². The second-order valence-corrected chi connectivity index (χ2v) is 4.43. The smallest absolute Gasteiger partial charge is 0.224 e. The van der Waals surface area contributed by atoms with Crippen LogP contribution in [-0.2, 0) is 11.2 Å². The quantitative estimate of drug-likeness (QED) is 0.844. The fourth-order valence-corrected chi connectivity index (χ4v) is 2.21. The van der Waals surface area contributed by atoms with Crippen LogP contribution < -0.4 is 5.32 Å². The lowest BCUT2D eigenvalue weighted by Crippen LogP contribution is -2.37. The normalized spacial score (nSPS) is 17.0. The van der Waals surface area contributed by atoms with Crippen molar-refractivity contribution >= 4 is 5.91 Å². The zero-order valence-electron chi connectivity index (χ0n) is 9.48. The highest BCUT2D eigenvalue weighted by Gasteiger charge is 2.15. The largest absolute Gasteiger partial charge is 0.353 e. The summed E-state index contributed by atoms with van der Waals surface area (Å²) in [5.74, 6) is 0.137. The summed E-state index contributed by atoms with van der Waals surface area (Å²) < 4.78 is 0. The SMILES string of the molecule is O=C(Cc1ccncc1)NC1CCCCC1. The Balaban J connectivity index is 1.80. The minimum atomic E-state index is 0.137. The third-order valence-corrected chi connectivity index (χ3v) is 3.08. The molecule has 0 bridgehead atoms. The molecular formula is C13H18N2O. The van der Waals surface area contributed by atoms with E-state index >= 15 is 0 Å². The van der Waals surface area contributed by atoms with E-state index in [2.05, 4.69) is 10.3 Å². The summed E-state index contributed by atoms with van der Waals surface area (Å²) in [7, 11) is 0. The number of aromatic nitrogens is 1. The van der Waals surface area contributed by atoms with Crippen molar-refractivity contribution < 1.29 is 4.79 Å². The molecule has 0 saturated heterocycles. The Labute approximate surface area is 96.3 Å². The van der Waals surface area contributed by atoms with E-state index in [1.807, 2.05) is 12.1 Å². The van der Waals surface area contributed by atoms with Crippen LogP contribution in [0.25, 0.3) is 0 Å². The molecule has 0 radical (unpaired) electrons. The van der Waals surface area contributed by atoms with E-state index in [4.69, 9.17) is 0 Å². The van der Waals surface area contributed by atoms with Crippen molar-refractivity contribution in [2.24, 2.45) is 0 Å². The molecule has 1 N–H and O–H groups in total. The Morgan fingerprint density at radius 2 is 1.94 bits per heavy atom. The Morgan fingerprint density at radius 3 is 2.62 bits per heavy atom. The number of amides is 1. The second-order valence-electron chi connectivity index (χ2n) is 4.43. The molecule has 3 nitrogen and oxygen atoms in total. The van der Waals surface area contributed by atoms with Crippen LogP contribution in [0.5, 0.6) is 0 Å². The first kappa shape index (κ1) is 11.1. The number of carbonyl (C=O) groups excluding carboxylic acids is 1. The number of pyridine rings is 1. The lowest BCUT2D eigenvalue weighted by Gasteiger charge is -2.22. The predicted octanol–water partition coefficient (Wildman–Crippen LogP) is 2.07. The van der Waals surface area contributed by atoms with Crippen LogP contribution in [0.2, 0.25) is 0 Å². The molecule has 0 unspecified atom stereocenters. The maximum atomic E-state index is 11.7. The highest BCUT2D eigenvalue weighted by Crippen LogP contribution is 2.17. The molecule has 1 saturated carbocycles. The van der Waals surface area contributed by atoms with E-state index in [0.29, 0.717) is 12.5 Å². The first-order valence-electron chi connectivity index (χ1n) is 6.03. The van der Waals surface area contributed by atoms with E-state index in [1.54, 1.807) is 12.4 Å². The molecule has 1 aliphatic rings. The summed E-state index contributed by atoms with van der Waals surface area (Å²) in [6.45, 7) is 0. The zero-order valence-corrected chi connectivity index (χ0v) is 9.48. The molecule has 1 aromatic heterocycles. The van der Waals surface area contributed by atoms with Crippen molar-refractivity contribution in [1.29, 1.82) is 0 Å². The average Bonchev–Trinajstić information content (AvgIpc) is 2.31. The van der Waals surface area contributed by atoms with Crippen LogP contribution in [-0.4, -0.2) is 16.9 Å². The number of carbonyl (C=O) groups is 1. The summed E-state index contributed by atoms with van der Waals surface area (Å²) in [5.41, 5.74) is 1.03. The van der Waals surface area contributed by atoms with Crippen LogP contribution in [0.15, 0.2) is 24.5 Å². The highest BCUT2D eigenvalue weighted by atomic mass is 16.1. The van der Waals surface area contributed by atoms with Crippen LogP contribution in [0.4, 0.5) is 0 Å². The third-order valence-electron chi connectivity index (χ3n) is 3.08. The number of nitrogens with one attached hydrogen (secondary N) is 1. The molecule has 0 aromatic carbocycles. The van der Waals surface area contributed by atoms with Crippen molar-refractivity contribution in [1.82, 2.24) is 10.3 Å². The Kier molecular flexibility index (Phi) is 3.91. The van der Waals surface area contributed by atoms with Crippen LogP contribution in [0.3, 0.4) is 0 Å². The van der Waals surface area contributed by atoms with Gasteiger partial charge in [0.2, 0.25) is 5.91 Å². The molecule has 1 amide bonds. The van der Waals surface area contributed by atoms with Crippen molar-refractivity contribution in [3.8, 4) is 0 Å². The first-order valence-corrected chi connectivity index (χ1v) is 6.03. The summed E-state index contributed by atoms with van der Waals surface area (Å²) in [5, 5.41) is 3.11. The van der Waals surface area contributed by atoms with Gasteiger partial charge < -0.3 is 5.32 Å². The fourth-order valence-electron chi connectivity index (χ4n) is 2.21.